The summed E-state index contributed by atoms with van der Waals surface area (Å²) in [5.74, 6) is 3.93. The molecule has 1 amide bonds. The standard InChI is InChI=1S/C25H36N4OS/c1-4-17(3)22-26-23(21-19-10-9-16(2)15-20(19)31-24(21)27-22)28-11-13-29(14-12-28)25(30)18-7-5-6-8-18/h16-18H,4-15H2,1-3H3/t16-,17+/m1/s1. The molecular formula is C25H36N4OS. The van der Waals surface area contributed by atoms with Crippen LogP contribution in [0.1, 0.15) is 81.5 Å². The van der Waals surface area contributed by atoms with Gasteiger partial charge in [0.1, 0.15) is 16.5 Å². The summed E-state index contributed by atoms with van der Waals surface area (Å²) in [6, 6.07) is 0. The molecule has 3 heterocycles. The summed E-state index contributed by atoms with van der Waals surface area (Å²) < 4.78 is 0. The molecule has 6 heteroatoms. The summed E-state index contributed by atoms with van der Waals surface area (Å²) >= 11 is 1.90. The van der Waals surface area contributed by atoms with E-state index in [-0.39, 0.29) is 5.92 Å². The molecule has 2 aliphatic carbocycles. The normalized spacial score (nSPS) is 23.4. The minimum atomic E-state index is 0.278. The second-order valence-corrected chi connectivity index (χ2v) is 11.1. The van der Waals surface area contributed by atoms with Crippen LogP contribution in [0, 0.1) is 11.8 Å². The molecule has 0 radical (unpaired) electrons. The third-order valence-corrected chi connectivity index (χ3v) is 8.95. The van der Waals surface area contributed by atoms with Gasteiger partial charge in [-0.05, 0) is 50.0 Å². The van der Waals surface area contributed by atoms with Crippen molar-refractivity contribution >= 4 is 33.3 Å². The van der Waals surface area contributed by atoms with E-state index in [9.17, 15) is 4.79 Å². The molecule has 2 aromatic heterocycles. The third kappa shape index (κ3) is 3.96. The van der Waals surface area contributed by atoms with E-state index in [0.29, 0.717) is 11.8 Å². The molecular weight excluding hydrogens is 404 g/mol. The van der Waals surface area contributed by atoms with Gasteiger partial charge in [-0.15, -0.1) is 11.3 Å². The Morgan fingerprint density at radius 1 is 1.13 bits per heavy atom. The highest BCUT2D eigenvalue weighted by Crippen LogP contribution is 2.42. The predicted molar refractivity (Wildman–Crippen MR) is 128 cm³/mol. The van der Waals surface area contributed by atoms with Crippen LogP contribution >= 0.6 is 11.3 Å². The minimum Gasteiger partial charge on any atom is -0.352 e. The molecule has 5 rings (SSSR count). The van der Waals surface area contributed by atoms with Gasteiger partial charge in [-0.2, -0.15) is 0 Å². The number of nitrogens with zero attached hydrogens (tertiary/aromatic N) is 4. The van der Waals surface area contributed by atoms with Crippen LogP contribution in [0.4, 0.5) is 5.82 Å². The Bertz CT molecular complexity index is 956. The zero-order valence-electron chi connectivity index (χ0n) is 19.3. The fourth-order valence-electron chi connectivity index (χ4n) is 5.54. The van der Waals surface area contributed by atoms with Crippen LogP contribution in [0.3, 0.4) is 0 Å². The molecule has 31 heavy (non-hydrogen) atoms. The zero-order valence-corrected chi connectivity index (χ0v) is 20.1. The van der Waals surface area contributed by atoms with Crippen LogP contribution in [-0.4, -0.2) is 47.0 Å². The SMILES string of the molecule is CC[C@H](C)c1nc(N2CCN(C(=O)C3CCCC3)CC2)c2c3c(sc2n1)C[C@H](C)CC3. The van der Waals surface area contributed by atoms with Crippen LogP contribution in [0.2, 0.25) is 0 Å². The number of rotatable bonds is 4. The second kappa shape index (κ2) is 8.68. The van der Waals surface area contributed by atoms with Crippen molar-refractivity contribution in [3.63, 3.8) is 0 Å². The molecule has 1 aliphatic heterocycles. The number of fused-ring (bicyclic) bond motifs is 3. The number of aromatic nitrogens is 2. The van der Waals surface area contributed by atoms with Gasteiger partial charge in [0.15, 0.2) is 0 Å². The lowest BCUT2D eigenvalue weighted by atomic mass is 9.89. The highest BCUT2D eigenvalue weighted by Gasteiger charge is 2.32. The Balaban J connectivity index is 1.45. The lowest BCUT2D eigenvalue weighted by molar-refractivity contribution is -0.135. The maximum atomic E-state index is 12.9. The van der Waals surface area contributed by atoms with Crippen LogP contribution in [0.25, 0.3) is 10.2 Å². The average Bonchev–Trinajstić information content (AvgIpc) is 3.45. The number of carbonyl (C=O) groups excluding carboxylic acids is 1. The Labute approximate surface area is 190 Å². The number of piperazine rings is 1. The van der Waals surface area contributed by atoms with Crippen LogP contribution in [0.15, 0.2) is 0 Å². The molecule has 1 saturated carbocycles. The van der Waals surface area contributed by atoms with E-state index in [1.165, 1.54) is 46.3 Å². The fourth-order valence-corrected chi connectivity index (χ4v) is 6.92. The first kappa shape index (κ1) is 21.2. The third-order valence-electron chi connectivity index (χ3n) is 7.80. The quantitative estimate of drug-likeness (QED) is 0.658. The molecule has 2 atom stereocenters. The first-order valence-corrected chi connectivity index (χ1v) is 13.2. The van der Waals surface area contributed by atoms with Gasteiger partial charge in [-0.25, -0.2) is 9.97 Å². The van der Waals surface area contributed by atoms with E-state index in [1.54, 1.807) is 0 Å². The fraction of sp³-hybridized carbons (Fsp3) is 0.720. The number of carbonyl (C=O) groups is 1. The molecule has 0 bridgehead atoms. The highest BCUT2D eigenvalue weighted by atomic mass is 32.1. The van der Waals surface area contributed by atoms with E-state index in [4.69, 9.17) is 9.97 Å². The van der Waals surface area contributed by atoms with Crippen molar-refractivity contribution < 1.29 is 4.79 Å². The van der Waals surface area contributed by atoms with E-state index in [2.05, 4.69) is 30.6 Å². The van der Waals surface area contributed by atoms with Gasteiger partial charge in [0.2, 0.25) is 5.91 Å². The van der Waals surface area contributed by atoms with Gasteiger partial charge in [-0.1, -0.05) is 33.6 Å². The van der Waals surface area contributed by atoms with Gasteiger partial charge in [0, 0.05) is 42.9 Å². The number of hydrogen-bond donors (Lipinski definition) is 0. The number of amides is 1. The van der Waals surface area contributed by atoms with Gasteiger partial charge >= 0.3 is 0 Å². The van der Waals surface area contributed by atoms with Gasteiger partial charge in [0.25, 0.3) is 0 Å². The molecule has 2 aromatic rings. The number of hydrogen-bond acceptors (Lipinski definition) is 5. The molecule has 3 aliphatic rings. The molecule has 0 N–H and O–H groups in total. The van der Waals surface area contributed by atoms with Gasteiger partial charge in [-0.3, -0.25) is 4.79 Å². The van der Waals surface area contributed by atoms with Crippen molar-refractivity contribution in [2.75, 3.05) is 31.1 Å². The summed E-state index contributed by atoms with van der Waals surface area (Å²) in [6.45, 7) is 10.2. The summed E-state index contributed by atoms with van der Waals surface area (Å²) in [5.41, 5.74) is 1.51. The number of thiophene rings is 1. The summed E-state index contributed by atoms with van der Waals surface area (Å²) in [5, 5.41) is 1.31. The minimum absolute atomic E-state index is 0.278. The van der Waals surface area contributed by atoms with Gasteiger partial charge in [0.05, 0.1) is 5.39 Å². The van der Waals surface area contributed by atoms with Crippen molar-refractivity contribution in [1.29, 1.82) is 0 Å². The first-order valence-electron chi connectivity index (χ1n) is 12.4. The van der Waals surface area contributed by atoms with E-state index < -0.39 is 0 Å². The Morgan fingerprint density at radius 2 is 1.87 bits per heavy atom. The molecule has 168 valence electrons. The lowest BCUT2D eigenvalue weighted by Gasteiger charge is -2.37. The highest BCUT2D eigenvalue weighted by molar-refractivity contribution is 7.19. The summed E-state index contributed by atoms with van der Waals surface area (Å²) in [7, 11) is 0. The Kier molecular flexibility index (Phi) is 5.93. The number of anilines is 1. The Morgan fingerprint density at radius 3 is 2.58 bits per heavy atom. The first-order chi connectivity index (χ1) is 15.0. The molecule has 0 unspecified atom stereocenters. The van der Waals surface area contributed by atoms with Crippen LogP contribution in [-0.2, 0) is 17.6 Å². The smallest absolute Gasteiger partial charge is 0.225 e. The van der Waals surface area contributed by atoms with E-state index in [1.807, 2.05) is 11.3 Å². The lowest BCUT2D eigenvalue weighted by Crippen LogP contribution is -2.50. The van der Waals surface area contributed by atoms with Crippen molar-refractivity contribution in [3.8, 4) is 0 Å². The van der Waals surface area contributed by atoms with E-state index in [0.717, 1.165) is 69.4 Å². The molecule has 2 fully saturated rings. The maximum Gasteiger partial charge on any atom is 0.225 e. The maximum absolute atomic E-state index is 12.9. The van der Waals surface area contributed by atoms with Crippen LogP contribution in [0.5, 0.6) is 0 Å². The van der Waals surface area contributed by atoms with Crippen LogP contribution < -0.4 is 4.90 Å². The van der Waals surface area contributed by atoms with Crippen molar-refractivity contribution in [2.24, 2.45) is 11.8 Å². The summed E-state index contributed by atoms with van der Waals surface area (Å²) in [4.78, 5) is 30.4. The average molecular weight is 441 g/mol. The topological polar surface area (TPSA) is 49.3 Å². The summed E-state index contributed by atoms with van der Waals surface area (Å²) in [6.07, 6.45) is 9.25. The zero-order chi connectivity index (χ0) is 21.5. The number of aryl methyl sites for hydroxylation is 1. The van der Waals surface area contributed by atoms with Crippen molar-refractivity contribution in [1.82, 2.24) is 14.9 Å². The Hall–Kier alpha value is -1.69. The molecule has 5 nitrogen and oxygen atoms in total. The largest absolute Gasteiger partial charge is 0.352 e. The predicted octanol–water partition coefficient (Wildman–Crippen LogP) is 5.17. The molecule has 0 aromatic carbocycles. The second-order valence-electron chi connectivity index (χ2n) is 10.0. The monoisotopic (exact) mass is 440 g/mol. The van der Waals surface area contributed by atoms with Crippen molar-refractivity contribution in [2.45, 2.75) is 78.1 Å². The van der Waals surface area contributed by atoms with Crippen molar-refractivity contribution in [3.05, 3.63) is 16.3 Å². The van der Waals surface area contributed by atoms with Gasteiger partial charge < -0.3 is 9.80 Å². The van der Waals surface area contributed by atoms with E-state index >= 15 is 0 Å². The molecule has 0 spiro atoms. The molecule has 1 saturated heterocycles.